The Morgan fingerprint density at radius 2 is 1.86 bits per heavy atom. The van der Waals surface area contributed by atoms with E-state index in [9.17, 15) is 4.79 Å². The molecule has 1 aliphatic rings. The number of halogens is 1. The molecule has 2 unspecified atom stereocenters. The average Bonchev–Trinajstić information content (AvgIpc) is 2.69. The van der Waals surface area contributed by atoms with Crippen LogP contribution in [-0.4, -0.2) is 33.9 Å². The van der Waals surface area contributed by atoms with Crippen LogP contribution in [0.2, 0.25) is 5.02 Å². The summed E-state index contributed by atoms with van der Waals surface area (Å²) in [5.74, 6) is 1.07. The second-order valence-corrected chi connectivity index (χ2v) is 8.40. The molecule has 4 rings (SSSR count). The number of hydrogen-bond donors (Lipinski definition) is 0. The number of aromatic nitrogens is 2. The SMILES string of the molecule is Cc1c(Cl)ccc2c(C(=O)N3CC(C)CC(C)C3)cc(-c3ccccn3)nc12. The summed E-state index contributed by atoms with van der Waals surface area (Å²) in [6, 6.07) is 11.3. The Balaban J connectivity index is 1.89. The average molecular weight is 394 g/mol. The van der Waals surface area contributed by atoms with Crippen molar-refractivity contribution in [2.75, 3.05) is 13.1 Å². The van der Waals surface area contributed by atoms with Crippen molar-refractivity contribution in [3.63, 3.8) is 0 Å². The summed E-state index contributed by atoms with van der Waals surface area (Å²) in [5, 5.41) is 1.49. The highest BCUT2D eigenvalue weighted by molar-refractivity contribution is 6.32. The van der Waals surface area contributed by atoms with Gasteiger partial charge >= 0.3 is 0 Å². The van der Waals surface area contributed by atoms with E-state index in [4.69, 9.17) is 16.6 Å². The number of carbonyl (C=O) groups is 1. The Kier molecular flexibility index (Phi) is 5.07. The van der Waals surface area contributed by atoms with Gasteiger partial charge in [-0.3, -0.25) is 9.78 Å². The second kappa shape index (κ2) is 7.51. The van der Waals surface area contributed by atoms with E-state index in [-0.39, 0.29) is 5.91 Å². The van der Waals surface area contributed by atoms with Crippen molar-refractivity contribution in [2.45, 2.75) is 27.2 Å². The number of nitrogens with zero attached hydrogens (tertiary/aromatic N) is 3. The van der Waals surface area contributed by atoms with Crippen molar-refractivity contribution >= 4 is 28.4 Å². The maximum Gasteiger partial charge on any atom is 0.254 e. The zero-order valence-electron chi connectivity index (χ0n) is 16.4. The van der Waals surface area contributed by atoms with Gasteiger partial charge in [0.2, 0.25) is 0 Å². The third-order valence-electron chi connectivity index (χ3n) is 5.48. The van der Waals surface area contributed by atoms with Crippen molar-refractivity contribution in [1.82, 2.24) is 14.9 Å². The lowest BCUT2D eigenvalue weighted by molar-refractivity contribution is 0.0625. The van der Waals surface area contributed by atoms with E-state index in [0.29, 0.717) is 28.1 Å². The standard InChI is InChI=1S/C23H24ClN3O/c1-14-10-15(2)13-27(12-14)23(28)18-11-21(20-6-4-5-9-25-20)26-22-16(3)19(24)8-7-17(18)22/h4-9,11,14-15H,10,12-13H2,1-3H3. The van der Waals surface area contributed by atoms with Gasteiger partial charge in [-0.2, -0.15) is 0 Å². The molecule has 0 spiro atoms. The van der Waals surface area contributed by atoms with Gasteiger partial charge in [0.1, 0.15) is 0 Å². The summed E-state index contributed by atoms with van der Waals surface area (Å²) >= 11 is 6.35. The first-order chi connectivity index (χ1) is 13.4. The molecule has 0 bridgehead atoms. The summed E-state index contributed by atoms with van der Waals surface area (Å²) in [6.07, 6.45) is 2.90. The van der Waals surface area contributed by atoms with Gasteiger partial charge in [-0.15, -0.1) is 0 Å². The van der Waals surface area contributed by atoms with Gasteiger partial charge in [0, 0.05) is 29.7 Å². The summed E-state index contributed by atoms with van der Waals surface area (Å²) < 4.78 is 0. The van der Waals surface area contributed by atoms with Crippen LogP contribution < -0.4 is 0 Å². The lowest BCUT2D eigenvalue weighted by Gasteiger charge is -2.35. The van der Waals surface area contributed by atoms with E-state index >= 15 is 0 Å². The fourth-order valence-electron chi connectivity index (χ4n) is 4.23. The van der Waals surface area contributed by atoms with E-state index < -0.39 is 0 Å². The van der Waals surface area contributed by atoms with Gasteiger partial charge in [-0.1, -0.05) is 37.6 Å². The number of pyridine rings is 2. The smallest absolute Gasteiger partial charge is 0.254 e. The molecule has 2 aromatic heterocycles. The summed E-state index contributed by atoms with van der Waals surface area (Å²) in [6.45, 7) is 7.95. The quantitative estimate of drug-likeness (QED) is 0.587. The molecule has 144 valence electrons. The third kappa shape index (κ3) is 3.49. The van der Waals surface area contributed by atoms with E-state index in [1.165, 1.54) is 0 Å². The molecule has 3 aromatic rings. The Morgan fingerprint density at radius 3 is 2.54 bits per heavy atom. The molecule has 28 heavy (non-hydrogen) atoms. The topological polar surface area (TPSA) is 46.1 Å². The van der Waals surface area contributed by atoms with Crippen LogP contribution in [0.1, 0.15) is 36.2 Å². The number of piperidine rings is 1. The van der Waals surface area contributed by atoms with Gasteiger partial charge in [0.25, 0.3) is 5.91 Å². The van der Waals surface area contributed by atoms with Crippen LogP contribution >= 0.6 is 11.6 Å². The third-order valence-corrected chi connectivity index (χ3v) is 5.89. The number of benzene rings is 1. The molecule has 1 fully saturated rings. The van der Waals surface area contributed by atoms with E-state index in [0.717, 1.165) is 41.7 Å². The minimum absolute atomic E-state index is 0.0599. The summed E-state index contributed by atoms with van der Waals surface area (Å²) in [4.78, 5) is 24.7. The first-order valence-electron chi connectivity index (χ1n) is 9.74. The van der Waals surface area contributed by atoms with Crippen LogP contribution in [0, 0.1) is 18.8 Å². The molecule has 0 saturated carbocycles. The van der Waals surface area contributed by atoms with Crippen LogP contribution in [0.5, 0.6) is 0 Å². The minimum atomic E-state index is 0.0599. The normalized spacial score (nSPS) is 19.8. The predicted octanol–water partition coefficient (Wildman–Crippen LogP) is 5.38. The van der Waals surface area contributed by atoms with Crippen molar-refractivity contribution in [3.8, 4) is 11.4 Å². The molecule has 3 heterocycles. The fraction of sp³-hybridized carbons (Fsp3) is 0.348. The molecule has 1 aromatic carbocycles. The number of likely N-dealkylation sites (tertiary alicyclic amines) is 1. The first-order valence-corrected chi connectivity index (χ1v) is 10.1. The molecule has 4 nitrogen and oxygen atoms in total. The van der Waals surface area contributed by atoms with E-state index in [1.54, 1.807) is 6.20 Å². The molecule has 0 N–H and O–H groups in total. The zero-order chi connectivity index (χ0) is 19.8. The van der Waals surface area contributed by atoms with Crippen molar-refractivity contribution in [3.05, 3.63) is 58.7 Å². The van der Waals surface area contributed by atoms with Crippen molar-refractivity contribution in [2.24, 2.45) is 11.8 Å². The number of amides is 1. The van der Waals surface area contributed by atoms with Gasteiger partial charge in [0.05, 0.1) is 22.5 Å². The number of fused-ring (bicyclic) bond motifs is 1. The Bertz CT molecular complexity index is 1020. The number of carbonyl (C=O) groups excluding carboxylic acids is 1. The van der Waals surface area contributed by atoms with Gasteiger partial charge in [0.15, 0.2) is 0 Å². The molecular weight excluding hydrogens is 370 g/mol. The van der Waals surface area contributed by atoms with Crippen molar-refractivity contribution in [1.29, 1.82) is 0 Å². The van der Waals surface area contributed by atoms with Gasteiger partial charge in [-0.05, 0) is 55.0 Å². The van der Waals surface area contributed by atoms with Crippen LogP contribution in [0.4, 0.5) is 0 Å². The molecular formula is C23H24ClN3O. The van der Waals surface area contributed by atoms with Crippen LogP contribution in [0.3, 0.4) is 0 Å². The lowest BCUT2D eigenvalue weighted by atomic mass is 9.91. The Labute approximate surface area is 170 Å². The second-order valence-electron chi connectivity index (χ2n) is 7.99. The predicted molar refractivity (Wildman–Crippen MR) is 114 cm³/mol. The van der Waals surface area contributed by atoms with Crippen molar-refractivity contribution < 1.29 is 4.79 Å². The molecule has 1 aliphatic heterocycles. The number of aryl methyl sites for hydroxylation is 1. The Hall–Kier alpha value is -2.46. The maximum atomic E-state index is 13.5. The van der Waals surface area contributed by atoms with Crippen LogP contribution in [0.15, 0.2) is 42.6 Å². The highest BCUT2D eigenvalue weighted by atomic mass is 35.5. The fourth-order valence-corrected chi connectivity index (χ4v) is 4.38. The van der Waals surface area contributed by atoms with Crippen LogP contribution in [0.25, 0.3) is 22.3 Å². The molecule has 5 heteroatoms. The molecule has 2 atom stereocenters. The summed E-state index contributed by atoms with van der Waals surface area (Å²) in [5.41, 5.74) is 3.76. The summed E-state index contributed by atoms with van der Waals surface area (Å²) in [7, 11) is 0. The highest BCUT2D eigenvalue weighted by Gasteiger charge is 2.28. The Morgan fingerprint density at radius 1 is 1.11 bits per heavy atom. The number of rotatable bonds is 2. The van der Waals surface area contributed by atoms with Gasteiger partial charge in [-0.25, -0.2) is 4.98 Å². The molecule has 1 amide bonds. The highest BCUT2D eigenvalue weighted by Crippen LogP contribution is 2.31. The monoisotopic (exact) mass is 393 g/mol. The maximum absolute atomic E-state index is 13.5. The van der Waals surface area contributed by atoms with Crippen LogP contribution in [-0.2, 0) is 0 Å². The molecule has 0 aliphatic carbocycles. The molecule has 0 radical (unpaired) electrons. The minimum Gasteiger partial charge on any atom is -0.338 e. The number of hydrogen-bond acceptors (Lipinski definition) is 3. The zero-order valence-corrected chi connectivity index (χ0v) is 17.2. The largest absolute Gasteiger partial charge is 0.338 e. The first kappa shape index (κ1) is 18.9. The van der Waals surface area contributed by atoms with E-state index in [2.05, 4.69) is 18.8 Å². The van der Waals surface area contributed by atoms with Gasteiger partial charge < -0.3 is 4.90 Å². The lowest BCUT2D eigenvalue weighted by Crippen LogP contribution is -2.42. The molecule has 1 saturated heterocycles. The van der Waals surface area contributed by atoms with E-state index in [1.807, 2.05) is 48.2 Å².